The topological polar surface area (TPSA) is 55.1 Å². The maximum absolute atomic E-state index is 11.9. The van der Waals surface area contributed by atoms with Crippen LogP contribution in [0.25, 0.3) is 0 Å². The zero-order valence-electron chi connectivity index (χ0n) is 11.4. The fourth-order valence-electron chi connectivity index (χ4n) is 1.47. The minimum absolute atomic E-state index is 0.0390. The summed E-state index contributed by atoms with van der Waals surface area (Å²) in [5.74, 6) is -0.0390. The summed E-state index contributed by atoms with van der Waals surface area (Å²) in [5, 5.41) is 2.90. The average Bonchev–Trinajstić information content (AvgIpc) is 2.20. The van der Waals surface area contributed by atoms with Crippen LogP contribution in [0.2, 0.25) is 0 Å². The van der Waals surface area contributed by atoms with E-state index < -0.39 is 0 Å². The van der Waals surface area contributed by atoms with Crippen LogP contribution in [0.15, 0.2) is 22.7 Å². The van der Waals surface area contributed by atoms with Gasteiger partial charge in [-0.3, -0.25) is 4.79 Å². The number of carbonyl (C=O) groups is 1. The first-order valence-electron chi connectivity index (χ1n) is 6.01. The molecule has 0 saturated heterocycles. The van der Waals surface area contributed by atoms with Crippen molar-refractivity contribution >= 4 is 27.5 Å². The fraction of sp³-hybridized carbons (Fsp3) is 0.500. The molecule has 1 atom stereocenters. The maximum Gasteiger partial charge on any atom is 0.225 e. The van der Waals surface area contributed by atoms with Crippen LogP contribution in [0, 0.1) is 12.3 Å². The number of halogens is 1. The van der Waals surface area contributed by atoms with Crippen molar-refractivity contribution in [3.8, 4) is 0 Å². The first-order valence-corrected chi connectivity index (χ1v) is 6.81. The van der Waals surface area contributed by atoms with Crippen LogP contribution in [-0.4, -0.2) is 11.9 Å². The van der Waals surface area contributed by atoms with Crippen LogP contribution < -0.4 is 11.1 Å². The van der Waals surface area contributed by atoms with Crippen LogP contribution in [0.4, 0.5) is 5.69 Å². The molecular weight excluding hydrogens is 292 g/mol. The van der Waals surface area contributed by atoms with E-state index in [0.717, 1.165) is 15.7 Å². The highest BCUT2D eigenvalue weighted by atomic mass is 79.9. The van der Waals surface area contributed by atoms with Crippen molar-refractivity contribution in [3.05, 3.63) is 28.2 Å². The van der Waals surface area contributed by atoms with E-state index in [9.17, 15) is 4.79 Å². The Kier molecular flexibility index (Phi) is 4.93. The highest BCUT2D eigenvalue weighted by Gasteiger charge is 2.23. The summed E-state index contributed by atoms with van der Waals surface area (Å²) in [6.45, 7) is 8.07. The smallest absolute Gasteiger partial charge is 0.225 e. The number of carbonyl (C=O) groups excluding carboxylic acids is 1. The number of benzene rings is 1. The molecule has 1 unspecified atom stereocenters. The molecule has 3 N–H and O–H groups in total. The van der Waals surface area contributed by atoms with Crippen LogP contribution >= 0.6 is 15.9 Å². The van der Waals surface area contributed by atoms with Gasteiger partial charge in [-0.2, -0.15) is 0 Å². The number of hydrogen-bond acceptors (Lipinski definition) is 2. The predicted molar refractivity (Wildman–Crippen MR) is 79.6 cm³/mol. The van der Waals surface area contributed by atoms with E-state index in [1.807, 2.05) is 45.9 Å². The molecule has 100 valence electrons. The summed E-state index contributed by atoms with van der Waals surface area (Å²) >= 11 is 3.40. The van der Waals surface area contributed by atoms with E-state index in [1.54, 1.807) is 0 Å². The van der Waals surface area contributed by atoms with Gasteiger partial charge in [0, 0.05) is 22.6 Å². The summed E-state index contributed by atoms with van der Waals surface area (Å²) in [7, 11) is 0. The minimum atomic E-state index is -0.145. The first-order chi connectivity index (χ1) is 8.20. The number of hydrogen-bond donors (Lipinski definition) is 2. The molecule has 0 aliphatic rings. The molecule has 0 heterocycles. The van der Waals surface area contributed by atoms with Gasteiger partial charge in [0.15, 0.2) is 0 Å². The number of anilines is 1. The number of amides is 1. The molecule has 18 heavy (non-hydrogen) atoms. The van der Waals surface area contributed by atoms with Crippen LogP contribution in [-0.2, 0) is 4.79 Å². The Bertz CT molecular complexity index is 438. The monoisotopic (exact) mass is 312 g/mol. The highest BCUT2D eigenvalue weighted by molar-refractivity contribution is 9.10. The van der Waals surface area contributed by atoms with E-state index in [-0.39, 0.29) is 17.4 Å². The second-order valence-electron chi connectivity index (χ2n) is 5.68. The fourth-order valence-corrected chi connectivity index (χ4v) is 1.95. The van der Waals surface area contributed by atoms with E-state index in [1.165, 1.54) is 0 Å². The molecule has 0 radical (unpaired) electrons. The quantitative estimate of drug-likeness (QED) is 0.898. The second kappa shape index (κ2) is 5.85. The zero-order valence-corrected chi connectivity index (χ0v) is 13.0. The van der Waals surface area contributed by atoms with E-state index in [0.29, 0.717) is 6.42 Å². The molecule has 1 rings (SSSR count). The Morgan fingerprint density at radius 1 is 1.44 bits per heavy atom. The molecule has 0 bridgehead atoms. The summed E-state index contributed by atoms with van der Waals surface area (Å²) in [5.41, 5.74) is 7.80. The second-order valence-corrected chi connectivity index (χ2v) is 6.60. The summed E-state index contributed by atoms with van der Waals surface area (Å²) in [6, 6.07) is 5.62. The molecule has 3 nitrogen and oxygen atoms in total. The molecule has 1 aromatic carbocycles. The normalized spacial score (nSPS) is 13.2. The third-order valence-corrected chi connectivity index (χ3v) is 3.47. The van der Waals surface area contributed by atoms with Crippen molar-refractivity contribution < 1.29 is 4.79 Å². The number of rotatable bonds is 3. The van der Waals surface area contributed by atoms with Crippen molar-refractivity contribution in [2.75, 3.05) is 5.32 Å². The average molecular weight is 313 g/mol. The molecule has 0 saturated carbocycles. The van der Waals surface area contributed by atoms with E-state index >= 15 is 0 Å². The lowest BCUT2D eigenvalue weighted by Gasteiger charge is -2.26. The molecule has 0 aromatic heterocycles. The van der Waals surface area contributed by atoms with Crippen molar-refractivity contribution in [2.24, 2.45) is 11.1 Å². The van der Waals surface area contributed by atoms with Crippen molar-refractivity contribution in [3.63, 3.8) is 0 Å². The first kappa shape index (κ1) is 15.2. The number of aryl methyl sites for hydroxylation is 1. The summed E-state index contributed by atoms with van der Waals surface area (Å²) < 4.78 is 1.00. The molecule has 0 fully saturated rings. The predicted octanol–water partition coefficient (Wildman–Crippen LogP) is 3.46. The van der Waals surface area contributed by atoms with Gasteiger partial charge in [0.05, 0.1) is 0 Å². The lowest BCUT2D eigenvalue weighted by atomic mass is 9.85. The lowest BCUT2D eigenvalue weighted by molar-refractivity contribution is -0.117. The van der Waals surface area contributed by atoms with Gasteiger partial charge in [-0.1, -0.05) is 36.7 Å². The molecule has 0 aliphatic carbocycles. The number of nitrogens with two attached hydrogens (primary N) is 1. The molecular formula is C14H21BrN2O. The largest absolute Gasteiger partial charge is 0.327 e. The third-order valence-electron chi connectivity index (χ3n) is 2.98. The van der Waals surface area contributed by atoms with Gasteiger partial charge in [-0.15, -0.1) is 0 Å². The van der Waals surface area contributed by atoms with Crippen molar-refractivity contribution in [1.82, 2.24) is 0 Å². The Balaban J connectivity index is 2.65. The summed E-state index contributed by atoms with van der Waals surface area (Å²) in [4.78, 5) is 11.9. The minimum Gasteiger partial charge on any atom is -0.327 e. The number of nitrogens with one attached hydrogen (secondary N) is 1. The Morgan fingerprint density at radius 2 is 2.06 bits per heavy atom. The molecule has 1 aromatic rings. The Morgan fingerprint density at radius 3 is 2.56 bits per heavy atom. The molecule has 4 heteroatoms. The van der Waals surface area contributed by atoms with Crippen LogP contribution in [0.3, 0.4) is 0 Å². The van der Waals surface area contributed by atoms with Gasteiger partial charge in [0.1, 0.15) is 0 Å². The van der Waals surface area contributed by atoms with Crippen molar-refractivity contribution in [2.45, 2.75) is 40.2 Å². The SMILES string of the molecule is Cc1cc(Br)ccc1NC(=O)CC(N)C(C)(C)C. The van der Waals surface area contributed by atoms with Crippen LogP contribution in [0.5, 0.6) is 0 Å². The van der Waals surface area contributed by atoms with Crippen molar-refractivity contribution in [1.29, 1.82) is 0 Å². The zero-order chi connectivity index (χ0) is 13.9. The van der Waals surface area contributed by atoms with Gasteiger partial charge in [0.25, 0.3) is 0 Å². The maximum atomic E-state index is 11.9. The standard InChI is InChI=1S/C14H21BrN2O/c1-9-7-10(15)5-6-11(9)17-13(18)8-12(16)14(2,3)4/h5-7,12H,8,16H2,1-4H3,(H,17,18). The van der Waals surface area contributed by atoms with Crippen LogP contribution in [0.1, 0.15) is 32.8 Å². The van der Waals surface area contributed by atoms with Gasteiger partial charge in [-0.05, 0) is 36.1 Å². The Labute approximate surface area is 117 Å². The van der Waals surface area contributed by atoms with Gasteiger partial charge >= 0.3 is 0 Å². The molecule has 0 aliphatic heterocycles. The van der Waals surface area contributed by atoms with Gasteiger partial charge in [0.2, 0.25) is 5.91 Å². The molecule has 1 amide bonds. The van der Waals surface area contributed by atoms with E-state index in [4.69, 9.17) is 5.73 Å². The van der Waals surface area contributed by atoms with Gasteiger partial charge in [-0.25, -0.2) is 0 Å². The van der Waals surface area contributed by atoms with E-state index in [2.05, 4.69) is 21.2 Å². The molecule has 0 spiro atoms. The third kappa shape index (κ3) is 4.42. The van der Waals surface area contributed by atoms with Gasteiger partial charge < -0.3 is 11.1 Å². The lowest BCUT2D eigenvalue weighted by Crippen LogP contribution is -2.38. The highest BCUT2D eigenvalue weighted by Crippen LogP contribution is 2.22. The summed E-state index contributed by atoms with van der Waals surface area (Å²) in [6.07, 6.45) is 0.332. The Hall–Kier alpha value is -0.870.